The van der Waals surface area contributed by atoms with Crippen molar-refractivity contribution in [3.8, 4) is 0 Å². The van der Waals surface area contributed by atoms with Crippen molar-refractivity contribution < 1.29 is 29.5 Å². The highest BCUT2D eigenvalue weighted by atomic mass is 16.5. The SMILES string of the molecule is CC[C@]12C=C(C(=O)OC)c3c(CC4Nc5ccccc5CC4c4c5n(c6ccccc46)[C@H]4N(O)CCC[C@@]4(CC)C=C5C(=O)OC)c4ccccc4n3[C@H]1N(O)CCC2. The van der Waals surface area contributed by atoms with Crippen LogP contribution in [0, 0.1) is 10.8 Å². The van der Waals surface area contributed by atoms with E-state index in [0.717, 1.165) is 88.5 Å². The number of nitrogens with zero attached hydrogens (tertiary/aromatic N) is 4. The summed E-state index contributed by atoms with van der Waals surface area (Å²) in [5, 5.41) is 32.5. The molecule has 2 fully saturated rings. The van der Waals surface area contributed by atoms with Gasteiger partial charge in [0.25, 0.3) is 0 Å². The van der Waals surface area contributed by atoms with Crippen LogP contribution in [0.25, 0.3) is 33.0 Å². The number of piperidine rings is 2. The van der Waals surface area contributed by atoms with Crippen LogP contribution >= 0.6 is 0 Å². The fourth-order valence-corrected chi connectivity index (χ4v) is 12.0. The van der Waals surface area contributed by atoms with Crippen molar-refractivity contribution in [2.75, 3.05) is 32.6 Å². The lowest BCUT2D eigenvalue weighted by Gasteiger charge is -2.50. The molecule has 59 heavy (non-hydrogen) atoms. The minimum atomic E-state index is -0.478. The quantitative estimate of drug-likeness (QED) is 0.139. The first kappa shape index (κ1) is 38.0. The van der Waals surface area contributed by atoms with Crippen LogP contribution < -0.4 is 5.32 Å². The predicted octanol–water partition coefficient (Wildman–Crippen LogP) is 8.86. The molecule has 3 aromatic carbocycles. The van der Waals surface area contributed by atoms with E-state index in [2.05, 4.69) is 95.0 Å². The third kappa shape index (κ3) is 5.47. The van der Waals surface area contributed by atoms with Gasteiger partial charge in [-0.15, -0.1) is 0 Å². The van der Waals surface area contributed by atoms with Gasteiger partial charge in [-0.1, -0.05) is 80.6 Å². The molecule has 6 atom stereocenters. The second kappa shape index (κ2) is 14.2. The number of para-hydroxylation sites is 3. The van der Waals surface area contributed by atoms with Crippen molar-refractivity contribution >= 4 is 50.6 Å². The fourth-order valence-electron chi connectivity index (χ4n) is 12.0. The van der Waals surface area contributed by atoms with Crippen LogP contribution in [0.5, 0.6) is 0 Å². The van der Waals surface area contributed by atoms with Gasteiger partial charge < -0.3 is 34.3 Å². The molecule has 2 saturated heterocycles. The van der Waals surface area contributed by atoms with Crippen molar-refractivity contribution in [1.82, 2.24) is 19.3 Å². The summed E-state index contributed by atoms with van der Waals surface area (Å²) in [6.45, 7) is 5.34. The number of esters is 2. The zero-order chi connectivity index (χ0) is 40.8. The van der Waals surface area contributed by atoms with Crippen LogP contribution in [-0.2, 0) is 31.9 Å². The molecule has 306 valence electrons. The summed E-state index contributed by atoms with van der Waals surface area (Å²) in [6, 6.07) is 24.9. The van der Waals surface area contributed by atoms with Crippen LogP contribution in [0.4, 0.5) is 5.69 Å². The van der Waals surface area contributed by atoms with Crippen molar-refractivity contribution in [3.05, 3.63) is 113 Å². The van der Waals surface area contributed by atoms with E-state index in [0.29, 0.717) is 37.1 Å². The van der Waals surface area contributed by atoms with E-state index >= 15 is 0 Å². The van der Waals surface area contributed by atoms with Crippen LogP contribution in [0.2, 0.25) is 0 Å². The normalized spacial score (nSPS) is 27.7. The molecule has 3 N–H and O–H groups in total. The first-order chi connectivity index (χ1) is 28.7. The summed E-state index contributed by atoms with van der Waals surface area (Å²) in [4.78, 5) is 28.2. The van der Waals surface area contributed by atoms with Gasteiger partial charge in [0.1, 0.15) is 12.3 Å². The van der Waals surface area contributed by atoms with E-state index in [1.807, 2.05) is 18.2 Å². The molecule has 2 unspecified atom stereocenters. The molecule has 10 rings (SSSR count). The number of ether oxygens (including phenoxy) is 2. The predicted molar refractivity (Wildman–Crippen MR) is 227 cm³/mol. The van der Waals surface area contributed by atoms with Gasteiger partial charge in [0.15, 0.2) is 0 Å². The molecule has 0 bridgehead atoms. The zero-order valence-electron chi connectivity index (χ0n) is 34.3. The molecule has 5 aromatic rings. The largest absolute Gasteiger partial charge is 0.465 e. The van der Waals surface area contributed by atoms with Gasteiger partial charge in [0.2, 0.25) is 0 Å². The van der Waals surface area contributed by atoms with Gasteiger partial charge in [-0.05, 0) is 86.3 Å². The van der Waals surface area contributed by atoms with Crippen molar-refractivity contribution in [2.45, 2.75) is 89.5 Å². The summed E-state index contributed by atoms with van der Waals surface area (Å²) >= 11 is 0. The molecule has 11 heteroatoms. The Kier molecular flexibility index (Phi) is 9.17. The lowest BCUT2D eigenvalue weighted by atomic mass is 9.70. The highest BCUT2D eigenvalue weighted by Crippen LogP contribution is 2.57. The molecule has 0 amide bonds. The number of hydrogen-bond acceptors (Lipinski definition) is 9. The topological polar surface area (TPSA) is 121 Å². The summed E-state index contributed by atoms with van der Waals surface area (Å²) < 4.78 is 15.6. The van der Waals surface area contributed by atoms with E-state index < -0.39 is 35.1 Å². The maximum atomic E-state index is 14.1. The first-order valence-electron chi connectivity index (χ1n) is 21.3. The number of carbonyl (C=O) groups excluding carboxylic acids is 2. The Bertz CT molecular complexity index is 2590. The maximum Gasteiger partial charge on any atom is 0.339 e. The van der Waals surface area contributed by atoms with Crippen LogP contribution in [0.1, 0.15) is 98.7 Å². The van der Waals surface area contributed by atoms with Crippen LogP contribution in [0.15, 0.2) is 84.9 Å². The van der Waals surface area contributed by atoms with E-state index in [1.54, 1.807) is 0 Å². The molecule has 5 aliphatic rings. The molecule has 0 radical (unpaired) electrons. The third-order valence-corrected chi connectivity index (χ3v) is 14.7. The number of carbonyl (C=O) groups is 2. The zero-order valence-corrected chi connectivity index (χ0v) is 34.3. The van der Waals surface area contributed by atoms with Crippen LogP contribution in [0.3, 0.4) is 0 Å². The second-order valence-electron chi connectivity index (χ2n) is 17.3. The molecule has 7 heterocycles. The van der Waals surface area contributed by atoms with Gasteiger partial charge in [0.05, 0.1) is 47.8 Å². The number of hydrogen-bond donors (Lipinski definition) is 3. The van der Waals surface area contributed by atoms with Gasteiger partial charge >= 0.3 is 11.9 Å². The lowest BCUT2D eigenvalue weighted by Crippen LogP contribution is -2.49. The Balaban J connectivity index is 1.23. The molecule has 0 spiro atoms. The number of hydroxylamine groups is 4. The highest BCUT2D eigenvalue weighted by molar-refractivity contribution is 6.19. The van der Waals surface area contributed by atoms with Crippen molar-refractivity contribution in [1.29, 1.82) is 0 Å². The molecule has 2 aromatic heterocycles. The number of nitrogens with one attached hydrogen (secondary N) is 1. The number of benzene rings is 3. The van der Waals surface area contributed by atoms with Gasteiger partial charge in [0, 0.05) is 52.3 Å². The highest BCUT2D eigenvalue weighted by Gasteiger charge is 2.52. The Hall–Kier alpha value is -5.20. The number of fused-ring (bicyclic) bond motifs is 11. The third-order valence-electron chi connectivity index (χ3n) is 14.7. The van der Waals surface area contributed by atoms with Gasteiger partial charge in [-0.3, -0.25) is 0 Å². The number of rotatable bonds is 7. The molecular formula is C48H53N5O6. The Labute approximate surface area is 344 Å². The molecule has 5 aliphatic heterocycles. The summed E-state index contributed by atoms with van der Waals surface area (Å²) in [5.41, 5.74) is 7.86. The minimum absolute atomic E-state index is 0.161. The lowest BCUT2D eigenvalue weighted by molar-refractivity contribution is -0.203. The van der Waals surface area contributed by atoms with E-state index in [1.165, 1.54) is 29.9 Å². The Morgan fingerprint density at radius 1 is 0.729 bits per heavy atom. The molecule has 11 nitrogen and oxygen atoms in total. The van der Waals surface area contributed by atoms with Crippen molar-refractivity contribution in [2.24, 2.45) is 10.8 Å². The number of aromatic nitrogens is 2. The first-order valence-corrected chi connectivity index (χ1v) is 21.3. The van der Waals surface area contributed by atoms with Gasteiger partial charge in [-0.2, -0.15) is 10.1 Å². The minimum Gasteiger partial charge on any atom is -0.465 e. The fraction of sp³-hybridized carbons (Fsp3) is 0.417. The Morgan fingerprint density at radius 3 is 1.86 bits per heavy atom. The Morgan fingerprint density at radius 2 is 1.25 bits per heavy atom. The smallest absolute Gasteiger partial charge is 0.339 e. The van der Waals surface area contributed by atoms with E-state index in [-0.39, 0.29) is 12.0 Å². The molecular weight excluding hydrogens is 743 g/mol. The maximum absolute atomic E-state index is 14.1. The molecule has 0 saturated carbocycles. The number of methoxy groups -OCH3 is 2. The monoisotopic (exact) mass is 795 g/mol. The summed E-state index contributed by atoms with van der Waals surface area (Å²) in [5.74, 6) is -0.944. The average molecular weight is 796 g/mol. The average Bonchev–Trinajstić information content (AvgIpc) is 3.78. The van der Waals surface area contributed by atoms with E-state index in [9.17, 15) is 20.0 Å². The summed E-state index contributed by atoms with van der Waals surface area (Å²) in [7, 11) is 2.89. The van der Waals surface area contributed by atoms with Crippen molar-refractivity contribution in [3.63, 3.8) is 0 Å². The van der Waals surface area contributed by atoms with Gasteiger partial charge in [-0.25, -0.2) is 9.59 Å². The number of anilines is 1. The standard InChI is InChI=1S/C48H53N5O6/c1-5-47-21-13-23-50(56)45(47)52-38-19-11-8-16-30(38)32(41(52)34(27-47)43(54)58-3)26-37-33(25-29-15-7-10-18-36(29)49-37)40-31-17-9-12-20-39(31)53-42(40)35(44(55)59-4)28-48(6-2)22-14-24-51(57)46(48)53/h7-12,15-20,27-28,33,37,45-46,49,56-57H,5-6,13-14,21-26H2,1-4H3/t33?,37?,45-,46-,47+,48+/m1/s1. The summed E-state index contributed by atoms with van der Waals surface area (Å²) in [6.07, 6.45) is 9.40. The molecule has 0 aliphatic carbocycles. The van der Waals surface area contributed by atoms with E-state index in [4.69, 9.17) is 9.47 Å². The second-order valence-corrected chi connectivity index (χ2v) is 17.3. The van der Waals surface area contributed by atoms with Crippen LogP contribution in [-0.4, -0.2) is 75.0 Å².